The predicted molar refractivity (Wildman–Crippen MR) is 39.8 cm³/mol. The Morgan fingerprint density at radius 2 is 2.62 bits per heavy atom. The molecule has 1 heterocycles. The van der Waals surface area contributed by atoms with Crippen LogP contribution in [-0.4, -0.2) is 4.98 Å². The first kappa shape index (κ1) is 6.52. The van der Waals surface area contributed by atoms with Crippen molar-refractivity contribution in [3.63, 3.8) is 0 Å². The number of aromatic nitrogens is 1. The quantitative estimate of drug-likeness (QED) is 0.652. The Labute approximate surface area is 64.8 Å². The number of hydrogen-bond acceptors (Lipinski definition) is 2. The normalized spacial score (nSPS) is 9.75. The van der Waals surface area contributed by atoms with Crippen molar-refractivity contribution >= 4 is 38.9 Å². The predicted octanol–water partition coefficient (Wildman–Crippen LogP) is 2.69. The van der Waals surface area contributed by atoms with Crippen LogP contribution in [0.1, 0.15) is 5.01 Å². The third kappa shape index (κ3) is 1.44. The summed E-state index contributed by atoms with van der Waals surface area (Å²) >= 11 is 10.3. The van der Waals surface area contributed by atoms with E-state index in [-0.39, 0.29) is 0 Å². The Morgan fingerprint density at radius 1 is 1.88 bits per heavy atom. The lowest BCUT2D eigenvalue weighted by molar-refractivity contribution is 1.28. The van der Waals surface area contributed by atoms with Crippen molar-refractivity contribution in [3.05, 3.63) is 15.5 Å². The highest BCUT2D eigenvalue weighted by atomic mass is 79.9. The van der Waals surface area contributed by atoms with Crippen LogP contribution in [0.5, 0.6) is 0 Å². The number of alkyl halides is 1. The van der Waals surface area contributed by atoms with Crippen LogP contribution in [0.25, 0.3) is 0 Å². The summed E-state index contributed by atoms with van der Waals surface area (Å²) in [4.78, 5) is 3.97. The zero-order valence-electron chi connectivity index (χ0n) is 3.90. The smallest absolute Gasteiger partial charge is 0.113 e. The van der Waals surface area contributed by atoms with E-state index in [4.69, 9.17) is 11.6 Å². The van der Waals surface area contributed by atoms with E-state index < -0.39 is 0 Å². The molecular weight excluding hydrogens is 209 g/mol. The molecule has 8 heavy (non-hydrogen) atoms. The lowest BCUT2D eigenvalue weighted by Crippen LogP contribution is -1.66. The summed E-state index contributed by atoms with van der Waals surface area (Å²) in [5.41, 5.74) is 0. The number of thiazole rings is 1. The summed E-state index contributed by atoms with van der Waals surface area (Å²) in [5, 5.41) is 1.82. The lowest BCUT2D eigenvalue weighted by atomic mass is 10.8. The van der Waals surface area contributed by atoms with Crippen LogP contribution in [0.3, 0.4) is 0 Å². The van der Waals surface area contributed by atoms with E-state index in [1.54, 1.807) is 6.20 Å². The Hall–Kier alpha value is 0.400. The van der Waals surface area contributed by atoms with Crippen LogP contribution >= 0.6 is 38.9 Å². The maximum absolute atomic E-state index is 5.57. The Bertz CT molecular complexity index is 176. The van der Waals surface area contributed by atoms with Gasteiger partial charge in [0.25, 0.3) is 0 Å². The second-order valence-corrected chi connectivity index (χ2v) is 3.50. The van der Waals surface area contributed by atoms with E-state index in [1.165, 1.54) is 11.3 Å². The molecule has 4 heteroatoms. The minimum absolute atomic E-state index is 0.749. The first-order chi connectivity index (χ1) is 3.83. The highest BCUT2D eigenvalue weighted by molar-refractivity contribution is 9.08. The van der Waals surface area contributed by atoms with Gasteiger partial charge in [-0.3, -0.25) is 0 Å². The van der Waals surface area contributed by atoms with Crippen LogP contribution < -0.4 is 0 Å². The van der Waals surface area contributed by atoms with Gasteiger partial charge in [-0.05, 0) is 0 Å². The molecule has 0 spiro atoms. The number of hydrogen-bond donors (Lipinski definition) is 0. The average Bonchev–Trinajstić information content (AvgIpc) is 2.14. The molecule has 0 atom stereocenters. The highest BCUT2D eigenvalue weighted by Crippen LogP contribution is 2.19. The Morgan fingerprint density at radius 3 is 2.88 bits per heavy atom. The van der Waals surface area contributed by atoms with Crippen molar-refractivity contribution in [2.75, 3.05) is 0 Å². The molecule has 0 aliphatic heterocycles. The summed E-state index contributed by atoms with van der Waals surface area (Å²) in [6, 6.07) is 0. The molecule has 1 nitrogen and oxygen atoms in total. The molecular formula is C4H3BrClNS. The molecule has 0 saturated carbocycles. The monoisotopic (exact) mass is 211 g/mol. The van der Waals surface area contributed by atoms with E-state index >= 15 is 0 Å². The Balaban J connectivity index is 2.84. The fourth-order valence-corrected chi connectivity index (χ4v) is 1.64. The first-order valence-electron chi connectivity index (χ1n) is 1.99. The molecule has 0 radical (unpaired) electrons. The zero-order valence-corrected chi connectivity index (χ0v) is 7.05. The molecule has 44 valence electrons. The van der Waals surface area contributed by atoms with Crippen molar-refractivity contribution < 1.29 is 0 Å². The first-order valence-corrected chi connectivity index (χ1v) is 4.30. The molecule has 0 aliphatic rings. The van der Waals surface area contributed by atoms with Crippen molar-refractivity contribution in [2.45, 2.75) is 5.33 Å². The summed E-state index contributed by atoms with van der Waals surface area (Å²) < 4.78 is 0.749. The molecule has 0 fully saturated rings. The van der Waals surface area contributed by atoms with Crippen LogP contribution in [-0.2, 0) is 5.33 Å². The van der Waals surface area contributed by atoms with Crippen molar-refractivity contribution in [2.24, 2.45) is 0 Å². The van der Waals surface area contributed by atoms with E-state index in [2.05, 4.69) is 20.9 Å². The van der Waals surface area contributed by atoms with E-state index in [0.717, 1.165) is 14.7 Å². The highest BCUT2D eigenvalue weighted by Gasteiger charge is 1.94. The summed E-state index contributed by atoms with van der Waals surface area (Å²) in [6.45, 7) is 0. The molecule has 1 rings (SSSR count). The summed E-state index contributed by atoms with van der Waals surface area (Å²) in [6.07, 6.45) is 1.66. The molecule has 0 amide bonds. The lowest BCUT2D eigenvalue weighted by Gasteiger charge is -1.76. The second-order valence-electron chi connectivity index (χ2n) is 1.19. The van der Waals surface area contributed by atoms with Gasteiger partial charge in [-0.1, -0.05) is 27.5 Å². The van der Waals surface area contributed by atoms with Crippen LogP contribution in [0.4, 0.5) is 0 Å². The standard InChI is InChI=1S/C4H3BrClNS/c5-1-4-7-2-3(6)8-4/h2H,1H2. The van der Waals surface area contributed by atoms with Crippen molar-refractivity contribution in [1.82, 2.24) is 4.98 Å². The topological polar surface area (TPSA) is 12.9 Å². The molecule has 0 bridgehead atoms. The van der Waals surface area contributed by atoms with Gasteiger partial charge < -0.3 is 0 Å². The van der Waals surface area contributed by atoms with Crippen molar-refractivity contribution in [1.29, 1.82) is 0 Å². The van der Waals surface area contributed by atoms with Gasteiger partial charge in [0.05, 0.1) is 11.5 Å². The third-order valence-corrected chi connectivity index (χ3v) is 2.66. The average molecular weight is 212 g/mol. The third-order valence-electron chi connectivity index (χ3n) is 0.640. The van der Waals surface area contributed by atoms with Gasteiger partial charge in [-0.2, -0.15) is 0 Å². The largest absolute Gasteiger partial charge is 0.247 e. The van der Waals surface area contributed by atoms with Crippen LogP contribution in [0.15, 0.2) is 6.20 Å². The SMILES string of the molecule is Clc1cnc(CBr)s1. The number of rotatable bonds is 1. The van der Waals surface area contributed by atoms with E-state index in [1.807, 2.05) is 0 Å². The number of nitrogens with zero attached hydrogens (tertiary/aromatic N) is 1. The molecule has 0 N–H and O–H groups in total. The molecule has 1 aromatic heterocycles. The zero-order chi connectivity index (χ0) is 5.98. The number of halogens is 2. The Kier molecular flexibility index (Phi) is 2.28. The minimum Gasteiger partial charge on any atom is -0.247 e. The van der Waals surface area contributed by atoms with Gasteiger partial charge in [0, 0.05) is 0 Å². The van der Waals surface area contributed by atoms with Gasteiger partial charge >= 0.3 is 0 Å². The molecule has 0 saturated heterocycles. The second kappa shape index (κ2) is 2.80. The van der Waals surface area contributed by atoms with Crippen molar-refractivity contribution in [3.8, 4) is 0 Å². The maximum Gasteiger partial charge on any atom is 0.113 e. The molecule has 0 unspecified atom stereocenters. The summed E-state index contributed by atoms with van der Waals surface area (Å²) in [5.74, 6) is 0. The van der Waals surface area contributed by atoms with Crippen LogP contribution in [0.2, 0.25) is 4.34 Å². The molecule has 0 aliphatic carbocycles. The van der Waals surface area contributed by atoms with Crippen LogP contribution in [0, 0.1) is 0 Å². The van der Waals surface area contributed by atoms with Gasteiger partial charge in [-0.25, -0.2) is 4.98 Å². The van der Waals surface area contributed by atoms with Gasteiger partial charge in [0.1, 0.15) is 9.34 Å². The minimum atomic E-state index is 0.749. The fourth-order valence-electron chi connectivity index (χ4n) is 0.350. The van der Waals surface area contributed by atoms with Gasteiger partial charge in [0.2, 0.25) is 0 Å². The van der Waals surface area contributed by atoms with Gasteiger partial charge in [0.15, 0.2) is 0 Å². The maximum atomic E-state index is 5.57. The molecule has 0 aromatic carbocycles. The fraction of sp³-hybridized carbons (Fsp3) is 0.250. The van der Waals surface area contributed by atoms with E-state index in [9.17, 15) is 0 Å². The van der Waals surface area contributed by atoms with Gasteiger partial charge in [-0.15, -0.1) is 11.3 Å². The molecule has 1 aromatic rings. The summed E-state index contributed by atoms with van der Waals surface area (Å²) in [7, 11) is 0. The van der Waals surface area contributed by atoms with E-state index in [0.29, 0.717) is 0 Å².